The van der Waals surface area contributed by atoms with Crippen LogP contribution in [0.3, 0.4) is 0 Å². The third-order valence-corrected chi connectivity index (χ3v) is 19.5. The second-order valence-electron chi connectivity index (χ2n) is 24.5. The van der Waals surface area contributed by atoms with Crippen LogP contribution in [0.4, 0.5) is 17.3 Å². The average Bonchev–Trinajstić information content (AvgIpc) is 3.94. The van der Waals surface area contributed by atoms with Gasteiger partial charge in [-0.25, -0.2) is 15.0 Å². The number of hydrogen-bond acceptors (Lipinski definition) is 11. The fourth-order valence-corrected chi connectivity index (χ4v) is 14.7. The Morgan fingerprint density at radius 1 is 0.784 bits per heavy atom. The second-order valence-corrected chi connectivity index (χ2v) is 24.5. The molecule has 74 heavy (non-hydrogen) atoms. The Kier molecular flexibility index (Phi) is 11.9. The van der Waals surface area contributed by atoms with E-state index in [1.807, 2.05) is 28.3 Å². The number of carbonyl (C=O) groups is 5. The lowest BCUT2D eigenvalue weighted by molar-refractivity contribution is -0.150. The van der Waals surface area contributed by atoms with Crippen molar-refractivity contribution >= 4 is 57.9 Å². The van der Waals surface area contributed by atoms with Crippen molar-refractivity contribution in [2.45, 2.75) is 153 Å². The summed E-state index contributed by atoms with van der Waals surface area (Å²) in [6, 6.07) is 13.9. The zero-order valence-corrected chi connectivity index (χ0v) is 43.6. The molecule has 16 nitrogen and oxygen atoms in total. The second kappa shape index (κ2) is 18.4. The molecule has 2 bridgehead atoms. The van der Waals surface area contributed by atoms with E-state index in [0.29, 0.717) is 89.9 Å². The van der Waals surface area contributed by atoms with Gasteiger partial charge in [0.2, 0.25) is 29.5 Å². The molecule has 9 aliphatic rings. The summed E-state index contributed by atoms with van der Waals surface area (Å²) in [5, 5.41) is 6.15. The van der Waals surface area contributed by atoms with Crippen LogP contribution in [-0.4, -0.2) is 134 Å². The van der Waals surface area contributed by atoms with E-state index in [9.17, 15) is 19.2 Å². The molecule has 390 valence electrons. The summed E-state index contributed by atoms with van der Waals surface area (Å²) in [5.74, 6) is 2.96. The first-order valence-corrected chi connectivity index (χ1v) is 28.3. The summed E-state index contributed by atoms with van der Waals surface area (Å²) >= 11 is 0. The van der Waals surface area contributed by atoms with Gasteiger partial charge in [0.05, 0.1) is 28.9 Å². The first-order valence-electron chi connectivity index (χ1n) is 28.3. The quantitative estimate of drug-likeness (QED) is 0.154. The zero-order valence-electron chi connectivity index (χ0n) is 43.6. The molecule has 0 radical (unpaired) electrons. The van der Waals surface area contributed by atoms with Crippen LogP contribution in [0.2, 0.25) is 0 Å². The summed E-state index contributed by atoms with van der Waals surface area (Å²) in [7, 11) is 0. The molecule has 13 rings (SSSR count). The minimum absolute atomic E-state index is 0.0724. The zero-order chi connectivity index (χ0) is 50.6. The molecule has 1 spiro atoms. The van der Waals surface area contributed by atoms with Gasteiger partial charge in [0.1, 0.15) is 11.3 Å². The normalized spacial score (nSPS) is 28.0. The third kappa shape index (κ3) is 8.36. The Bertz CT molecular complexity index is 2870. The number of carbonyl (C=O) groups excluding carboxylic acids is 5. The standard InChI is InChI=1S/C58H73N11O5/c1-35(2)68-34-60-47-30-46(62-52(51(47)68)61-41-8-9-41)39-6-11-45-48(27-39)69(43-28-42(29-43)67-32-36-4-5-37(26-36)33-67)56(74)58(45)18-24-66(25-19-58)55(73)57(3)16-22-65(23-17-57)54(72)38-14-20-64(21-15-38)49-12-7-40(31-59-49)44-10-13-50(70)63-53(44)71/h6-7,11-12,27,30-31,34-38,41-44H,4-5,8-10,13-26,28-29,32-33H2,1-3H3,(H,61,62)(H,63,70,71). The molecule has 3 saturated carbocycles. The summed E-state index contributed by atoms with van der Waals surface area (Å²) in [5.41, 5.74) is 5.48. The molecule has 2 N–H and O–H groups in total. The molecule has 6 aliphatic heterocycles. The SMILES string of the molecule is CC(C)n1cnc2cc(-c3ccc4c(c3)N(C3CC(N5CC6CCC(C6)C5)C3)C(=O)C43CCN(C(=O)C4(C)CCN(C(=O)C5CCN(c6ccc(C7CCC(=O)NC7=O)cn6)CC5)CC4)CC3)nc(NC3CC3)c21. The number of piperidine rings is 5. The van der Waals surface area contributed by atoms with Crippen molar-refractivity contribution in [3.8, 4) is 11.3 Å². The van der Waals surface area contributed by atoms with Crippen molar-refractivity contribution in [1.29, 1.82) is 0 Å². The van der Waals surface area contributed by atoms with Crippen LogP contribution in [-0.2, 0) is 29.4 Å². The lowest BCUT2D eigenvalue weighted by atomic mass is 9.72. The number of hydrogen-bond donors (Lipinski definition) is 2. The number of benzene rings is 1. The number of imidazole rings is 1. The van der Waals surface area contributed by atoms with Gasteiger partial charge in [-0.2, -0.15) is 0 Å². The van der Waals surface area contributed by atoms with E-state index < -0.39 is 10.8 Å². The maximum atomic E-state index is 15.4. The van der Waals surface area contributed by atoms with Crippen molar-refractivity contribution in [3.05, 3.63) is 60.0 Å². The van der Waals surface area contributed by atoms with E-state index in [1.165, 1.54) is 32.4 Å². The van der Waals surface area contributed by atoms with Crippen LogP contribution in [0, 0.1) is 23.2 Å². The number of nitrogens with zero attached hydrogens (tertiary/aromatic N) is 9. The van der Waals surface area contributed by atoms with Gasteiger partial charge in [0.15, 0.2) is 5.82 Å². The van der Waals surface area contributed by atoms with Gasteiger partial charge in [-0.15, -0.1) is 0 Å². The number of imide groups is 1. The molecule has 3 atom stereocenters. The van der Waals surface area contributed by atoms with Crippen LogP contribution >= 0.6 is 0 Å². The van der Waals surface area contributed by atoms with E-state index in [0.717, 1.165) is 101 Å². The highest BCUT2D eigenvalue weighted by molar-refractivity contribution is 6.09. The van der Waals surface area contributed by atoms with Crippen molar-refractivity contribution in [3.63, 3.8) is 0 Å². The molecule has 9 heterocycles. The molecule has 3 aliphatic carbocycles. The Labute approximate surface area is 434 Å². The first-order chi connectivity index (χ1) is 35.8. The molecule has 4 aromatic rings. The van der Waals surface area contributed by atoms with Crippen LogP contribution < -0.4 is 20.4 Å². The highest BCUT2D eigenvalue weighted by Crippen LogP contribution is 2.53. The highest BCUT2D eigenvalue weighted by Gasteiger charge is 2.57. The van der Waals surface area contributed by atoms with Gasteiger partial charge in [0, 0.05) is 112 Å². The van der Waals surface area contributed by atoms with Crippen LogP contribution in [0.15, 0.2) is 48.9 Å². The van der Waals surface area contributed by atoms with Gasteiger partial charge in [-0.3, -0.25) is 34.2 Å². The molecule has 3 aromatic heterocycles. The summed E-state index contributed by atoms with van der Waals surface area (Å²) < 4.78 is 2.20. The Morgan fingerprint density at radius 2 is 1.51 bits per heavy atom. The van der Waals surface area contributed by atoms with E-state index in [1.54, 1.807) is 6.20 Å². The minimum atomic E-state index is -0.687. The monoisotopic (exact) mass is 1000 g/mol. The third-order valence-electron chi connectivity index (χ3n) is 19.5. The molecular formula is C58H73N11O5. The minimum Gasteiger partial charge on any atom is -0.366 e. The van der Waals surface area contributed by atoms with Gasteiger partial charge < -0.3 is 29.5 Å². The average molecular weight is 1000 g/mol. The van der Waals surface area contributed by atoms with E-state index in [4.69, 9.17) is 9.97 Å². The van der Waals surface area contributed by atoms with Crippen molar-refractivity contribution in [1.82, 2.24) is 39.5 Å². The molecule has 16 heteroatoms. The molecule has 5 amide bonds. The molecule has 5 saturated heterocycles. The largest absolute Gasteiger partial charge is 0.366 e. The predicted molar refractivity (Wildman–Crippen MR) is 282 cm³/mol. The van der Waals surface area contributed by atoms with E-state index in [2.05, 4.69) is 79.9 Å². The Hall–Kier alpha value is -5.90. The van der Waals surface area contributed by atoms with Crippen LogP contribution in [0.25, 0.3) is 22.3 Å². The number of amides is 5. The van der Waals surface area contributed by atoms with Crippen LogP contribution in [0.1, 0.15) is 140 Å². The maximum absolute atomic E-state index is 15.4. The summed E-state index contributed by atoms with van der Waals surface area (Å²) in [6.07, 6.45) is 16.8. The highest BCUT2D eigenvalue weighted by atomic mass is 16.2. The maximum Gasteiger partial charge on any atom is 0.238 e. The number of anilines is 3. The molecular weight excluding hydrogens is 931 g/mol. The number of pyridine rings is 2. The summed E-state index contributed by atoms with van der Waals surface area (Å²) in [4.78, 5) is 94.0. The van der Waals surface area contributed by atoms with Crippen LogP contribution in [0.5, 0.6) is 0 Å². The van der Waals surface area contributed by atoms with Gasteiger partial charge in [0.25, 0.3) is 0 Å². The predicted octanol–water partition coefficient (Wildman–Crippen LogP) is 7.18. The number of aromatic nitrogens is 4. The first kappa shape index (κ1) is 47.8. The smallest absolute Gasteiger partial charge is 0.238 e. The van der Waals surface area contributed by atoms with Crippen molar-refractivity contribution in [2.75, 3.05) is 67.5 Å². The molecule has 3 unspecified atom stereocenters. The molecule has 1 aromatic carbocycles. The summed E-state index contributed by atoms with van der Waals surface area (Å²) in [6.45, 7) is 12.5. The Balaban J connectivity index is 0.674. The van der Waals surface area contributed by atoms with Crippen molar-refractivity contribution in [2.24, 2.45) is 23.2 Å². The molecule has 8 fully saturated rings. The fourth-order valence-electron chi connectivity index (χ4n) is 14.7. The lowest BCUT2D eigenvalue weighted by Gasteiger charge is -2.49. The van der Waals surface area contributed by atoms with Gasteiger partial charge >= 0.3 is 0 Å². The lowest BCUT2D eigenvalue weighted by Crippen LogP contribution is -2.59. The van der Waals surface area contributed by atoms with Gasteiger partial charge in [-0.1, -0.05) is 25.1 Å². The number of fused-ring (bicyclic) bond motifs is 5. The number of likely N-dealkylation sites (tertiary alicyclic amines) is 3. The fraction of sp³-hybridized carbons (Fsp3) is 0.621. The topological polar surface area (TPSA) is 169 Å². The number of nitrogens with one attached hydrogen (secondary N) is 2. The van der Waals surface area contributed by atoms with E-state index >= 15 is 4.79 Å². The van der Waals surface area contributed by atoms with E-state index in [-0.39, 0.29) is 53.5 Å². The van der Waals surface area contributed by atoms with Gasteiger partial charge in [-0.05, 0) is 145 Å². The Morgan fingerprint density at radius 3 is 2.19 bits per heavy atom. The van der Waals surface area contributed by atoms with Crippen molar-refractivity contribution < 1.29 is 24.0 Å². The number of rotatable bonds is 10.